The number of rotatable bonds is 6. The third kappa shape index (κ3) is 4.43. The fourth-order valence-electron chi connectivity index (χ4n) is 1.57. The fraction of sp³-hybridized carbons (Fsp3) is 0.231. The first-order valence-electron chi connectivity index (χ1n) is 5.99. The van der Waals surface area contributed by atoms with Crippen molar-refractivity contribution >= 4 is 28.3 Å². The lowest BCUT2D eigenvalue weighted by atomic mass is 10.2. The SMILES string of the molecule is O=C(O)Cc1csc(NC(=O)CCc2ccccn2)n1. The van der Waals surface area contributed by atoms with Gasteiger partial charge in [0.2, 0.25) is 5.91 Å². The summed E-state index contributed by atoms with van der Waals surface area (Å²) in [7, 11) is 0. The van der Waals surface area contributed by atoms with Gasteiger partial charge in [0.25, 0.3) is 0 Å². The van der Waals surface area contributed by atoms with Crippen molar-refractivity contribution in [3.63, 3.8) is 0 Å². The Hall–Kier alpha value is -2.28. The van der Waals surface area contributed by atoms with E-state index in [0.717, 1.165) is 5.69 Å². The molecule has 0 bridgehead atoms. The zero-order valence-electron chi connectivity index (χ0n) is 10.6. The molecule has 0 saturated heterocycles. The van der Waals surface area contributed by atoms with E-state index in [1.807, 2.05) is 18.2 Å². The maximum Gasteiger partial charge on any atom is 0.309 e. The van der Waals surface area contributed by atoms with Crippen molar-refractivity contribution in [2.45, 2.75) is 19.3 Å². The highest BCUT2D eigenvalue weighted by Gasteiger charge is 2.09. The van der Waals surface area contributed by atoms with Crippen LogP contribution in [0.4, 0.5) is 5.13 Å². The Kier molecular flexibility index (Phi) is 4.78. The van der Waals surface area contributed by atoms with E-state index in [1.54, 1.807) is 11.6 Å². The number of aryl methyl sites for hydroxylation is 1. The van der Waals surface area contributed by atoms with Crippen molar-refractivity contribution in [2.24, 2.45) is 0 Å². The number of aliphatic carboxylic acids is 1. The van der Waals surface area contributed by atoms with Crippen LogP contribution in [0.25, 0.3) is 0 Å². The number of hydrogen-bond donors (Lipinski definition) is 2. The summed E-state index contributed by atoms with van der Waals surface area (Å²) < 4.78 is 0. The molecule has 0 radical (unpaired) electrons. The van der Waals surface area contributed by atoms with Gasteiger partial charge < -0.3 is 10.4 Å². The van der Waals surface area contributed by atoms with E-state index in [1.165, 1.54) is 11.3 Å². The number of nitrogens with one attached hydrogen (secondary N) is 1. The van der Waals surface area contributed by atoms with Crippen molar-refractivity contribution in [1.29, 1.82) is 0 Å². The number of amides is 1. The summed E-state index contributed by atoms with van der Waals surface area (Å²) >= 11 is 1.22. The molecule has 0 unspecified atom stereocenters. The Bertz CT molecular complexity index is 598. The van der Waals surface area contributed by atoms with Crippen molar-refractivity contribution in [3.05, 3.63) is 41.2 Å². The predicted molar refractivity (Wildman–Crippen MR) is 74.6 cm³/mol. The second-order valence-corrected chi connectivity index (χ2v) is 4.94. The Morgan fingerprint density at radius 1 is 1.30 bits per heavy atom. The minimum atomic E-state index is -0.941. The van der Waals surface area contributed by atoms with E-state index in [9.17, 15) is 9.59 Å². The molecule has 6 nitrogen and oxygen atoms in total. The van der Waals surface area contributed by atoms with Crippen molar-refractivity contribution in [3.8, 4) is 0 Å². The molecular formula is C13H13N3O3S. The molecule has 0 fully saturated rings. The summed E-state index contributed by atoms with van der Waals surface area (Å²) in [5.41, 5.74) is 1.30. The molecule has 2 N–H and O–H groups in total. The lowest BCUT2D eigenvalue weighted by Crippen LogP contribution is -2.12. The lowest BCUT2D eigenvalue weighted by Gasteiger charge is -2.01. The Balaban J connectivity index is 1.82. The van der Waals surface area contributed by atoms with E-state index >= 15 is 0 Å². The molecule has 2 aromatic heterocycles. The summed E-state index contributed by atoms with van der Waals surface area (Å²) in [5.74, 6) is -1.10. The number of carbonyl (C=O) groups is 2. The van der Waals surface area contributed by atoms with Crippen LogP contribution in [0, 0.1) is 0 Å². The summed E-state index contributed by atoms with van der Waals surface area (Å²) in [5, 5.41) is 13.3. The van der Waals surface area contributed by atoms with Crippen molar-refractivity contribution in [2.75, 3.05) is 5.32 Å². The number of nitrogens with zero attached hydrogens (tertiary/aromatic N) is 2. The maximum atomic E-state index is 11.7. The summed E-state index contributed by atoms with van der Waals surface area (Å²) in [6, 6.07) is 5.56. The zero-order valence-corrected chi connectivity index (χ0v) is 11.4. The third-order valence-electron chi connectivity index (χ3n) is 2.46. The van der Waals surface area contributed by atoms with Crippen LogP contribution >= 0.6 is 11.3 Å². The highest BCUT2D eigenvalue weighted by Crippen LogP contribution is 2.16. The second-order valence-electron chi connectivity index (χ2n) is 4.08. The molecule has 7 heteroatoms. The standard InChI is InChI=1S/C13H13N3O3S/c17-11(5-4-9-3-1-2-6-14-9)16-13-15-10(8-20-13)7-12(18)19/h1-3,6,8H,4-5,7H2,(H,18,19)(H,15,16,17). The fourth-order valence-corrected chi connectivity index (χ4v) is 2.30. The van der Waals surface area contributed by atoms with Crippen LogP contribution in [-0.4, -0.2) is 27.0 Å². The van der Waals surface area contributed by atoms with Gasteiger partial charge >= 0.3 is 5.97 Å². The molecule has 104 valence electrons. The van der Waals surface area contributed by atoms with Crippen LogP contribution in [0.3, 0.4) is 0 Å². The Labute approximate surface area is 119 Å². The number of hydrogen-bond acceptors (Lipinski definition) is 5. The van der Waals surface area contributed by atoms with Gasteiger partial charge in [-0.3, -0.25) is 14.6 Å². The van der Waals surface area contributed by atoms with Gasteiger partial charge in [-0.1, -0.05) is 6.07 Å². The number of carboxylic acids is 1. The van der Waals surface area contributed by atoms with Crippen molar-refractivity contribution < 1.29 is 14.7 Å². The van der Waals surface area contributed by atoms with Gasteiger partial charge in [-0.2, -0.15) is 0 Å². The molecule has 0 aliphatic carbocycles. The van der Waals surface area contributed by atoms with E-state index in [4.69, 9.17) is 5.11 Å². The molecular weight excluding hydrogens is 278 g/mol. The third-order valence-corrected chi connectivity index (χ3v) is 3.27. The van der Waals surface area contributed by atoms with E-state index < -0.39 is 5.97 Å². The summed E-state index contributed by atoms with van der Waals surface area (Å²) in [4.78, 5) is 30.4. The highest BCUT2D eigenvalue weighted by atomic mass is 32.1. The molecule has 0 aromatic carbocycles. The second kappa shape index (κ2) is 6.76. The Morgan fingerprint density at radius 3 is 2.85 bits per heavy atom. The molecule has 0 saturated carbocycles. The van der Waals surface area contributed by atoms with Crippen LogP contribution in [0.1, 0.15) is 17.8 Å². The van der Waals surface area contributed by atoms with Gasteiger partial charge in [0.15, 0.2) is 5.13 Å². The topological polar surface area (TPSA) is 92.2 Å². The number of carboxylic acid groups (broad SMARTS) is 1. The number of thiazole rings is 1. The largest absolute Gasteiger partial charge is 0.481 e. The smallest absolute Gasteiger partial charge is 0.309 e. The first kappa shape index (κ1) is 14.1. The molecule has 2 aromatic rings. The number of anilines is 1. The van der Waals surface area contributed by atoms with Gasteiger partial charge in [0, 0.05) is 23.7 Å². The van der Waals surface area contributed by atoms with Crippen LogP contribution in [-0.2, 0) is 22.4 Å². The van der Waals surface area contributed by atoms with Crippen LogP contribution in [0.15, 0.2) is 29.8 Å². The number of aromatic nitrogens is 2. The number of carbonyl (C=O) groups excluding carboxylic acids is 1. The van der Waals surface area contributed by atoms with E-state index in [2.05, 4.69) is 15.3 Å². The molecule has 1 amide bonds. The monoisotopic (exact) mass is 291 g/mol. The van der Waals surface area contributed by atoms with Crippen molar-refractivity contribution in [1.82, 2.24) is 9.97 Å². The normalized spacial score (nSPS) is 10.2. The van der Waals surface area contributed by atoms with Crippen LogP contribution in [0.5, 0.6) is 0 Å². The minimum Gasteiger partial charge on any atom is -0.481 e. The molecule has 2 rings (SSSR count). The first-order chi connectivity index (χ1) is 9.63. The van der Waals surface area contributed by atoms with Gasteiger partial charge in [-0.05, 0) is 18.6 Å². The molecule has 2 heterocycles. The highest BCUT2D eigenvalue weighted by molar-refractivity contribution is 7.13. The van der Waals surface area contributed by atoms with Gasteiger partial charge in [-0.15, -0.1) is 11.3 Å². The van der Waals surface area contributed by atoms with Gasteiger partial charge in [0.1, 0.15) is 0 Å². The van der Waals surface area contributed by atoms with Crippen LogP contribution in [0.2, 0.25) is 0 Å². The Morgan fingerprint density at radius 2 is 2.15 bits per heavy atom. The molecule has 0 aliphatic rings. The van der Waals surface area contributed by atoms with E-state index in [0.29, 0.717) is 23.7 Å². The summed E-state index contributed by atoms with van der Waals surface area (Å²) in [6.45, 7) is 0. The molecule has 0 atom stereocenters. The number of pyridine rings is 1. The molecule has 0 spiro atoms. The van der Waals surface area contributed by atoms with Gasteiger partial charge in [0.05, 0.1) is 12.1 Å². The first-order valence-corrected chi connectivity index (χ1v) is 6.87. The zero-order chi connectivity index (χ0) is 14.4. The average Bonchev–Trinajstić information content (AvgIpc) is 2.84. The predicted octanol–water partition coefficient (Wildman–Crippen LogP) is 1.74. The average molecular weight is 291 g/mol. The maximum absolute atomic E-state index is 11.7. The molecule has 0 aliphatic heterocycles. The lowest BCUT2D eigenvalue weighted by molar-refractivity contribution is -0.136. The van der Waals surface area contributed by atoms with Gasteiger partial charge in [-0.25, -0.2) is 4.98 Å². The molecule has 20 heavy (non-hydrogen) atoms. The quantitative estimate of drug-likeness (QED) is 0.845. The van der Waals surface area contributed by atoms with Crippen LogP contribution < -0.4 is 5.32 Å². The van der Waals surface area contributed by atoms with E-state index in [-0.39, 0.29) is 12.3 Å². The minimum absolute atomic E-state index is 0.139. The summed E-state index contributed by atoms with van der Waals surface area (Å²) in [6.07, 6.45) is 2.41.